The molecule has 0 spiro atoms. The number of rotatable bonds is 5. The first-order chi connectivity index (χ1) is 10.0. The summed E-state index contributed by atoms with van der Waals surface area (Å²) < 4.78 is 5.30. The van der Waals surface area contributed by atoms with Gasteiger partial charge in [0.15, 0.2) is 0 Å². The summed E-state index contributed by atoms with van der Waals surface area (Å²) in [6, 6.07) is 8.84. The summed E-state index contributed by atoms with van der Waals surface area (Å²) in [5.41, 5.74) is 2.78. The van der Waals surface area contributed by atoms with Crippen molar-refractivity contribution in [1.29, 1.82) is 0 Å². The van der Waals surface area contributed by atoms with Gasteiger partial charge in [0.1, 0.15) is 11.6 Å². The van der Waals surface area contributed by atoms with E-state index in [2.05, 4.69) is 10.3 Å². The lowest BCUT2D eigenvalue weighted by atomic mass is 10.2. The van der Waals surface area contributed by atoms with Crippen molar-refractivity contribution in [3.05, 3.63) is 47.2 Å². The van der Waals surface area contributed by atoms with Crippen LogP contribution in [-0.4, -0.2) is 23.2 Å². The third-order valence-electron chi connectivity index (χ3n) is 3.11. The molecule has 0 aliphatic heterocycles. The van der Waals surface area contributed by atoms with Crippen LogP contribution in [0.1, 0.15) is 28.5 Å². The molecule has 0 bridgehead atoms. The van der Waals surface area contributed by atoms with E-state index in [-0.39, 0.29) is 5.56 Å². The van der Waals surface area contributed by atoms with Crippen LogP contribution in [-0.2, 0) is 6.42 Å². The number of aryl methyl sites for hydroxylation is 2. The third kappa shape index (κ3) is 3.51. The zero-order chi connectivity index (χ0) is 15.4. The monoisotopic (exact) mass is 286 g/mol. The minimum absolute atomic E-state index is 0.218. The molecule has 0 fully saturated rings. The lowest BCUT2D eigenvalue weighted by Gasteiger charge is -2.12. The number of nitrogens with one attached hydrogen (secondary N) is 1. The SMILES string of the molecule is CCc1cc(C(=O)O)cc(Nc2cc(C)ccc2OC)n1. The first-order valence-corrected chi connectivity index (χ1v) is 6.69. The summed E-state index contributed by atoms with van der Waals surface area (Å²) in [5.74, 6) is 0.211. The van der Waals surface area contributed by atoms with Crippen molar-refractivity contribution in [2.45, 2.75) is 20.3 Å². The second-order valence-electron chi connectivity index (χ2n) is 4.72. The maximum Gasteiger partial charge on any atom is 0.335 e. The summed E-state index contributed by atoms with van der Waals surface area (Å²) in [6.07, 6.45) is 0.667. The van der Waals surface area contributed by atoms with Crippen molar-refractivity contribution >= 4 is 17.5 Å². The summed E-state index contributed by atoms with van der Waals surface area (Å²) in [4.78, 5) is 15.6. The number of aromatic carboxylic acids is 1. The maximum atomic E-state index is 11.2. The van der Waals surface area contributed by atoms with E-state index in [1.807, 2.05) is 32.0 Å². The highest BCUT2D eigenvalue weighted by molar-refractivity contribution is 5.89. The molecule has 1 heterocycles. The highest BCUT2D eigenvalue weighted by Crippen LogP contribution is 2.28. The van der Waals surface area contributed by atoms with Crippen molar-refractivity contribution < 1.29 is 14.6 Å². The van der Waals surface area contributed by atoms with E-state index in [1.165, 1.54) is 6.07 Å². The average Bonchev–Trinajstić information content (AvgIpc) is 2.47. The van der Waals surface area contributed by atoms with Crippen molar-refractivity contribution in [3.8, 4) is 5.75 Å². The van der Waals surface area contributed by atoms with Gasteiger partial charge >= 0.3 is 5.97 Å². The van der Waals surface area contributed by atoms with Gasteiger partial charge in [-0.1, -0.05) is 13.0 Å². The molecular weight excluding hydrogens is 268 g/mol. The summed E-state index contributed by atoms with van der Waals surface area (Å²) in [5, 5.41) is 12.3. The quantitative estimate of drug-likeness (QED) is 0.881. The fourth-order valence-corrected chi connectivity index (χ4v) is 2.01. The van der Waals surface area contributed by atoms with Gasteiger partial charge in [0.2, 0.25) is 0 Å². The van der Waals surface area contributed by atoms with Crippen LogP contribution in [0.25, 0.3) is 0 Å². The predicted molar refractivity (Wildman–Crippen MR) is 81.6 cm³/mol. The molecule has 21 heavy (non-hydrogen) atoms. The largest absolute Gasteiger partial charge is 0.495 e. The summed E-state index contributed by atoms with van der Waals surface area (Å²) >= 11 is 0. The number of hydrogen-bond donors (Lipinski definition) is 2. The first kappa shape index (κ1) is 14.8. The molecule has 110 valence electrons. The Balaban J connectivity index is 2.41. The van der Waals surface area contributed by atoms with E-state index in [0.717, 1.165) is 16.9 Å². The molecule has 2 N–H and O–H groups in total. The Labute approximate surface area is 123 Å². The van der Waals surface area contributed by atoms with E-state index < -0.39 is 5.97 Å². The van der Waals surface area contributed by atoms with Gasteiger partial charge in [-0.15, -0.1) is 0 Å². The number of carbonyl (C=O) groups is 1. The lowest BCUT2D eigenvalue weighted by molar-refractivity contribution is 0.0696. The van der Waals surface area contributed by atoms with Crippen LogP contribution in [0.5, 0.6) is 5.75 Å². The number of methoxy groups -OCH3 is 1. The number of hydrogen-bond acceptors (Lipinski definition) is 4. The number of ether oxygens (including phenoxy) is 1. The highest BCUT2D eigenvalue weighted by atomic mass is 16.5. The number of pyridine rings is 1. The zero-order valence-electron chi connectivity index (χ0n) is 12.3. The second-order valence-corrected chi connectivity index (χ2v) is 4.72. The minimum atomic E-state index is -0.966. The smallest absolute Gasteiger partial charge is 0.335 e. The van der Waals surface area contributed by atoms with E-state index in [9.17, 15) is 4.79 Å². The van der Waals surface area contributed by atoms with E-state index in [1.54, 1.807) is 13.2 Å². The Morgan fingerprint density at radius 2 is 2.10 bits per heavy atom. The van der Waals surface area contributed by atoms with Gasteiger partial charge < -0.3 is 15.2 Å². The fourth-order valence-electron chi connectivity index (χ4n) is 2.01. The zero-order valence-corrected chi connectivity index (χ0v) is 12.3. The van der Waals surface area contributed by atoms with E-state index in [4.69, 9.17) is 9.84 Å². The number of aromatic nitrogens is 1. The van der Waals surface area contributed by atoms with Crippen molar-refractivity contribution in [2.24, 2.45) is 0 Å². The number of benzene rings is 1. The lowest BCUT2D eigenvalue weighted by Crippen LogP contribution is -2.04. The standard InChI is InChI=1S/C16H18N2O3/c1-4-12-8-11(16(19)20)9-15(17-12)18-13-7-10(2)5-6-14(13)21-3/h5-9H,4H2,1-3H3,(H,17,18)(H,19,20). The average molecular weight is 286 g/mol. The molecule has 1 aromatic carbocycles. The van der Waals surface area contributed by atoms with Gasteiger partial charge in [0, 0.05) is 5.69 Å². The molecule has 0 saturated heterocycles. The molecule has 0 unspecified atom stereocenters. The van der Waals surface area contributed by atoms with Crippen molar-refractivity contribution in [2.75, 3.05) is 12.4 Å². The summed E-state index contributed by atoms with van der Waals surface area (Å²) in [7, 11) is 1.59. The molecule has 0 aliphatic carbocycles. The Hall–Kier alpha value is -2.56. The van der Waals surface area contributed by atoms with Gasteiger partial charge in [-0.05, 0) is 43.2 Å². The molecule has 0 aliphatic rings. The van der Waals surface area contributed by atoms with Gasteiger partial charge in [0.05, 0.1) is 18.4 Å². The first-order valence-electron chi connectivity index (χ1n) is 6.69. The molecule has 0 radical (unpaired) electrons. The molecule has 5 heteroatoms. The summed E-state index contributed by atoms with van der Waals surface area (Å²) in [6.45, 7) is 3.91. The maximum absolute atomic E-state index is 11.2. The van der Waals surface area contributed by atoms with Gasteiger partial charge in [-0.2, -0.15) is 0 Å². The molecule has 0 amide bonds. The van der Waals surface area contributed by atoms with E-state index in [0.29, 0.717) is 18.0 Å². The highest BCUT2D eigenvalue weighted by Gasteiger charge is 2.10. The van der Waals surface area contributed by atoms with Crippen LogP contribution in [0.2, 0.25) is 0 Å². The normalized spacial score (nSPS) is 10.2. The predicted octanol–water partition coefficient (Wildman–Crippen LogP) is 3.40. The molecule has 2 aromatic rings. The van der Waals surface area contributed by atoms with E-state index >= 15 is 0 Å². The van der Waals surface area contributed by atoms with Gasteiger partial charge in [-0.3, -0.25) is 0 Å². The molecule has 0 atom stereocenters. The van der Waals surface area contributed by atoms with Crippen molar-refractivity contribution in [3.63, 3.8) is 0 Å². The van der Waals surface area contributed by atoms with Crippen LogP contribution in [0, 0.1) is 6.92 Å². The minimum Gasteiger partial charge on any atom is -0.495 e. The fraction of sp³-hybridized carbons (Fsp3) is 0.250. The van der Waals surface area contributed by atoms with Crippen molar-refractivity contribution in [1.82, 2.24) is 4.98 Å². The number of carboxylic acids is 1. The Bertz CT molecular complexity index is 669. The van der Waals surface area contributed by atoms with Crippen LogP contribution < -0.4 is 10.1 Å². The molecule has 1 aromatic heterocycles. The molecule has 5 nitrogen and oxygen atoms in total. The Kier molecular flexibility index (Phi) is 4.42. The number of anilines is 2. The molecule has 0 saturated carbocycles. The van der Waals surface area contributed by atoms with Crippen LogP contribution in [0.15, 0.2) is 30.3 Å². The van der Waals surface area contributed by atoms with Crippen LogP contribution in [0.4, 0.5) is 11.5 Å². The van der Waals surface area contributed by atoms with Gasteiger partial charge in [-0.25, -0.2) is 9.78 Å². The Morgan fingerprint density at radius 3 is 2.71 bits per heavy atom. The molecular formula is C16H18N2O3. The molecule has 2 rings (SSSR count). The number of nitrogens with zero attached hydrogens (tertiary/aromatic N) is 1. The van der Waals surface area contributed by atoms with Gasteiger partial charge in [0.25, 0.3) is 0 Å². The number of carboxylic acid groups (broad SMARTS) is 1. The second kappa shape index (κ2) is 6.26. The topological polar surface area (TPSA) is 71.5 Å². The van der Waals surface area contributed by atoms with Crippen LogP contribution >= 0.6 is 0 Å². The van der Waals surface area contributed by atoms with Crippen LogP contribution in [0.3, 0.4) is 0 Å². The Morgan fingerprint density at radius 1 is 1.33 bits per heavy atom. The third-order valence-corrected chi connectivity index (χ3v) is 3.11.